The molecule has 0 aromatic carbocycles. The average Bonchev–Trinajstić information content (AvgIpc) is 1.87. The Morgan fingerprint density at radius 1 is 1.78 bits per heavy atom. The van der Waals surface area contributed by atoms with Crippen LogP contribution in [-0.4, -0.2) is 22.1 Å². The number of hydrogen-bond donors (Lipinski definition) is 1. The highest BCUT2D eigenvalue weighted by atomic mass is 79.9. The predicted molar refractivity (Wildman–Crippen MR) is 46.5 cm³/mol. The third kappa shape index (κ3) is 4.22. The van der Waals surface area contributed by atoms with Gasteiger partial charge in [-0.3, -0.25) is 4.79 Å². The van der Waals surface area contributed by atoms with Crippen LogP contribution >= 0.6 is 44.5 Å². The second-order valence-corrected chi connectivity index (χ2v) is 3.23. The van der Waals surface area contributed by atoms with E-state index in [1.54, 1.807) is 0 Å². The highest BCUT2D eigenvalue weighted by molar-refractivity contribution is 9.12. The first kappa shape index (κ1) is 9.78. The van der Waals surface area contributed by atoms with Gasteiger partial charge in [0.2, 0.25) is 0 Å². The minimum Gasteiger partial charge on any atom is -0.454 e. The molecule has 0 amide bonds. The third-order valence-corrected chi connectivity index (χ3v) is 2.94. The van der Waals surface area contributed by atoms with Crippen molar-refractivity contribution < 1.29 is 9.53 Å². The van der Waals surface area contributed by atoms with E-state index in [1.165, 1.54) is 0 Å². The van der Waals surface area contributed by atoms with E-state index in [4.69, 9.17) is 0 Å². The van der Waals surface area contributed by atoms with E-state index in [2.05, 4.69) is 49.2 Å². The summed E-state index contributed by atoms with van der Waals surface area (Å²) in [4.78, 5) is 10.4. The van der Waals surface area contributed by atoms with Gasteiger partial charge >= 0.3 is 5.97 Å². The fourth-order valence-electron chi connectivity index (χ4n) is 0.217. The molecule has 0 saturated heterocycles. The fourth-order valence-corrected chi connectivity index (χ4v) is 0.741. The fraction of sp³-hybridized carbons (Fsp3) is 0.750. The van der Waals surface area contributed by atoms with E-state index in [9.17, 15) is 4.79 Å². The Bertz CT molecular complexity index is 98.6. The molecule has 0 aromatic rings. The van der Waals surface area contributed by atoms with Crippen LogP contribution in [0.1, 0.15) is 0 Å². The van der Waals surface area contributed by atoms with Crippen LogP contribution in [0.15, 0.2) is 0 Å². The molecule has 0 rings (SSSR count). The zero-order chi connectivity index (χ0) is 7.28. The van der Waals surface area contributed by atoms with Crippen molar-refractivity contribution in [2.24, 2.45) is 0 Å². The second kappa shape index (κ2) is 5.56. The zero-order valence-corrected chi connectivity index (χ0v) is 8.58. The van der Waals surface area contributed by atoms with E-state index in [0.717, 1.165) is 0 Å². The lowest BCUT2D eigenvalue weighted by atomic mass is 10.5. The molecule has 0 bridgehead atoms. The topological polar surface area (TPSA) is 26.3 Å². The Labute approximate surface area is 76.0 Å². The number of carbonyl (C=O) groups is 1. The number of halogens is 2. The largest absolute Gasteiger partial charge is 0.454 e. The molecule has 1 atom stereocenters. The molecule has 2 nitrogen and oxygen atoms in total. The lowest BCUT2D eigenvalue weighted by Gasteiger charge is -2.02. The van der Waals surface area contributed by atoms with Crippen LogP contribution in [0.4, 0.5) is 0 Å². The zero-order valence-electron chi connectivity index (χ0n) is 4.51. The number of rotatable bonds is 3. The van der Waals surface area contributed by atoms with Crippen LogP contribution in [0.3, 0.4) is 0 Å². The molecule has 0 aliphatic carbocycles. The highest BCUT2D eigenvalue weighted by Crippen LogP contribution is 2.05. The summed E-state index contributed by atoms with van der Waals surface area (Å²) in [6.45, 7) is 0. The van der Waals surface area contributed by atoms with Gasteiger partial charge in [0.15, 0.2) is 0 Å². The maximum Gasteiger partial charge on any atom is 0.321 e. The first-order valence-corrected chi connectivity index (χ1v) is 4.87. The van der Waals surface area contributed by atoms with Crippen molar-refractivity contribution in [2.45, 2.75) is 4.83 Å². The standard InChI is InChI=1S/C4H6Br2O2S/c5-1-3(6)4(7)8-2-9/h3,9H,1-2H2. The number of esters is 1. The van der Waals surface area contributed by atoms with Gasteiger partial charge in [0.05, 0.1) is 0 Å². The molecule has 9 heavy (non-hydrogen) atoms. The SMILES string of the molecule is O=C(OCS)C(Br)CBr. The molecule has 1 unspecified atom stereocenters. The minimum atomic E-state index is -0.290. The minimum absolute atomic E-state index is 0.133. The molecule has 0 heterocycles. The van der Waals surface area contributed by atoms with Gasteiger partial charge in [-0.15, -0.1) is 12.6 Å². The average molecular weight is 278 g/mol. The van der Waals surface area contributed by atoms with Gasteiger partial charge in [-0.25, -0.2) is 0 Å². The van der Waals surface area contributed by atoms with E-state index in [1.807, 2.05) is 0 Å². The van der Waals surface area contributed by atoms with E-state index >= 15 is 0 Å². The molecule has 0 saturated carbocycles. The van der Waals surface area contributed by atoms with Gasteiger partial charge < -0.3 is 4.74 Å². The normalized spacial score (nSPS) is 12.8. The lowest BCUT2D eigenvalue weighted by molar-refractivity contribution is -0.140. The first-order valence-electron chi connectivity index (χ1n) is 2.20. The predicted octanol–water partition coefficient (Wildman–Crippen LogP) is 1.58. The molecule has 0 aliphatic rings. The summed E-state index contributed by atoms with van der Waals surface area (Å²) in [5.74, 6) is -0.157. The van der Waals surface area contributed by atoms with E-state index in [0.29, 0.717) is 5.33 Å². The van der Waals surface area contributed by atoms with E-state index in [-0.39, 0.29) is 16.7 Å². The van der Waals surface area contributed by atoms with Crippen LogP contribution in [0.5, 0.6) is 0 Å². The van der Waals surface area contributed by atoms with Crippen LogP contribution in [0, 0.1) is 0 Å². The van der Waals surface area contributed by atoms with Gasteiger partial charge in [-0.05, 0) is 0 Å². The molecule has 0 aromatic heterocycles. The van der Waals surface area contributed by atoms with Crippen molar-refractivity contribution in [1.29, 1.82) is 0 Å². The van der Waals surface area contributed by atoms with Crippen molar-refractivity contribution in [1.82, 2.24) is 0 Å². The molecule has 0 spiro atoms. The van der Waals surface area contributed by atoms with Gasteiger partial charge in [0.1, 0.15) is 10.8 Å². The lowest BCUT2D eigenvalue weighted by Crippen LogP contribution is -2.17. The van der Waals surface area contributed by atoms with Gasteiger partial charge in [0.25, 0.3) is 0 Å². The van der Waals surface area contributed by atoms with Gasteiger partial charge in [-0.2, -0.15) is 0 Å². The summed E-state index contributed by atoms with van der Waals surface area (Å²) >= 11 is 9.91. The van der Waals surface area contributed by atoms with E-state index < -0.39 is 0 Å². The Kier molecular flexibility index (Phi) is 6.04. The number of alkyl halides is 2. The maximum absolute atomic E-state index is 10.6. The quantitative estimate of drug-likeness (QED) is 0.367. The number of hydrogen-bond acceptors (Lipinski definition) is 3. The molecule has 0 N–H and O–H groups in total. The van der Waals surface area contributed by atoms with Crippen molar-refractivity contribution in [3.63, 3.8) is 0 Å². The Hall–Kier alpha value is 0.780. The first-order chi connectivity index (χ1) is 4.22. The number of ether oxygens (including phenoxy) is 1. The van der Waals surface area contributed by atoms with Crippen molar-refractivity contribution in [3.05, 3.63) is 0 Å². The smallest absolute Gasteiger partial charge is 0.321 e. The molecular weight excluding hydrogens is 272 g/mol. The molecular formula is C4H6Br2O2S. The molecule has 5 heteroatoms. The van der Waals surface area contributed by atoms with Crippen LogP contribution in [-0.2, 0) is 9.53 Å². The van der Waals surface area contributed by atoms with Crippen molar-refractivity contribution in [3.8, 4) is 0 Å². The van der Waals surface area contributed by atoms with Crippen LogP contribution < -0.4 is 0 Å². The summed E-state index contributed by atoms with van der Waals surface area (Å²) in [5, 5.41) is 0.555. The second-order valence-electron chi connectivity index (χ2n) is 1.21. The summed E-state index contributed by atoms with van der Waals surface area (Å²) in [5.41, 5.74) is 0. The summed E-state index contributed by atoms with van der Waals surface area (Å²) in [7, 11) is 0. The van der Waals surface area contributed by atoms with Gasteiger partial charge in [0, 0.05) is 5.33 Å². The highest BCUT2D eigenvalue weighted by Gasteiger charge is 2.12. The number of carbonyl (C=O) groups excluding carboxylic acids is 1. The monoisotopic (exact) mass is 276 g/mol. The molecule has 54 valence electrons. The number of thiol groups is 1. The Morgan fingerprint density at radius 3 is 2.67 bits per heavy atom. The summed E-state index contributed by atoms with van der Waals surface area (Å²) in [6.07, 6.45) is 0. The molecule has 0 aliphatic heterocycles. The van der Waals surface area contributed by atoms with Crippen LogP contribution in [0.2, 0.25) is 0 Å². The third-order valence-electron chi connectivity index (χ3n) is 0.598. The van der Waals surface area contributed by atoms with Crippen LogP contribution in [0.25, 0.3) is 0 Å². The maximum atomic E-state index is 10.6. The Balaban J connectivity index is 3.46. The van der Waals surface area contributed by atoms with Crippen molar-refractivity contribution >= 4 is 50.5 Å². The summed E-state index contributed by atoms with van der Waals surface area (Å²) in [6, 6.07) is 0. The molecule has 0 radical (unpaired) electrons. The Morgan fingerprint density at radius 2 is 2.33 bits per heavy atom. The van der Waals surface area contributed by atoms with Gasteiger partial charge in [-0.1, -0.05) is 31.9 Å². The summed E-state index contributed by atoms with van der Waals surface area (Å²) < 4.78 is 4.54. The molecule has 0 fully saturated rings. The van der Waals surface area contributed by atoms with Crippen molar-refractivity contribution in [2.75, 3.05) is 11.3 Å².